The van der Waals surface area contributed by atoms with Crippen LogP contribution in [0.5, 0.6) is 0 Å². The van der Waals surface area contributed by atoms with Gasteiger partial charge in [-0.2, -0.15) is 11.8 Å². The quantitative estimate of drug-likeness (QED) is 0.498. The van der Waals surface area contributed by atoms with Crippen LogP contribution in [0.25, 0.3) is 0 Å². The largest absolute Gasteiger partial charge is 0.351 e. The van der Waals surface area contributed by atoms with E-state index in [1.165, 1.54) is 5.75 Å². The standard InChI is InChI=1S/C9H16N2OS/c1-2-4-10-6-9(12)11-8-3-5-13-7-8/h2,8,10H,1,3-7H2,(H,11,12). The number of nitrogens with one attached hydrogen (secondary N) is 2. The van der Waals surface area contributed by atoms with Crippen molar-refractivity contribution in [2.45, 2.75) is 12.5 Å². The van der Waals surface area contributed by atoms with E-state index in [4.69, 9.17) is 0 Å². The van der Waals surface area contributed by atoms with Gasteiger partial charge in [-0.05, 0) is 12.2 Å². The summed E-state index contributed by atoms with van der Waals surface area (Å²) in [5.41, 5.74) is 0. The van der Waals surface area contributed by atoms with Gasteiger partial charge in [0.05, 0.1) is 6.54 Å². The van der Waals surface area contributed by atoms with Crippen LogP contribution in [0.4, 0.5) is 0 Å². The maximum atomic E-state index is 11.3. The highest BCUT2D eigenvalue weighted by Crippen LogP contribution is 2.16. The first-order valence-corrected chi connectivity index (χ1v) is 5.67. The van der Waals surface area contributed by atoms with Gasteiger partial charge in [0.25, 0.3) is 0 Å². The minimum absolute atomic E-state index is 0.0920. The maximum Gasteiger partial charge on any atom is 0.234 e. The van der Waals surface area contributed by atoms with Crippen LogP contribution in [-0.2, 0) is 4.79 Å². The number of hydrogen-bond donors (Lipinski definition) is 2. The molecule has 1 aliphatic rings. The molecule has 1 atom stereocenters. The second-order valence-corrected chi connectivity index (χ2v) is 4.20. The summed E-state index contributed by atoms with van der Waals surface area (Å²) in [7, 11) is 0. The van der Waals surface area contributed by atoms with Crippen molar-refractivity contribution in [3.63, 3.8) is 0 Å². The number of hydrogen-bond acceptors (Lipinski definition) is 3. The molecule has 0 aromatic rings. The number of carbonyl (C=O) groups excluding carboxylic acids is 1. The molecule has 0 bridgehead atoms. The van der Waals surface area contributed by atoms with Gasteiger partial charge in [0.15, 0.2) is 0 Å². The average Bonchev–Trinajstić information content (AvgIpc) is 2.57. The van der Waals surface area contributed by atoms with Gasteiger partial charge in [0.1, 0.15) is 0 Å². The minimum Gasteiger partial charge on any atom is -0.351 e. The summed E-state index contributed by atoms with van der Waals surface area (Å²) < 4.78 is 0. The van der Waals surface area contributed by atoms with E-state index < -0.39 is 0 Å². The molecule has 13 heavy (non-hydrogen) atoms. The molecule has 1 unspecified atom stereocenters. The Morgan fingerprint density at radius 1 is 1.69 bits per heavy atom. The molecule has 0 aromatic carbocycles. The predicted octanol–water partition coefficient (Wildman–Crippen LogP) is 0.384. The van der Waals surface area contributed by atoms with E-state index in [-0.39, 0.29) is 5.91 Å². The lowest BCUT2D eigenvalue weighted by molar-refractivity contribution is -0.120. The first-order valence-electron chi connectivity index (χ1n) is 4.51. The number of carbonyl (C=O) groups is 1. The van der Waals surface area contributed by atoms with Crippen LogP contribution in [0, 0.1) is 0 Å². The fourth-order valence-electron chi connectivity index (χ4n) is 1.21. The first-order chi connectivity index (χ1) is 6.33. The van der Waals surface area contributed by atoms with Crippen molar-refractivity contribution in [3.05, 3.63) is 12.7 Å². The van der Waals surface area contributed by atoms with Crippen molar-refractivity contribution >= 4 is 17.7 Å². The Bertz CT molecular complexity index is 178. The van der Waals surface area contributed by atoms with Crippen molar-refractivity contribution < 1.29 is 4.79 Å². The van der Waals surface area contributed by atoms with Crippen molar-refractivity contribution in [2.24, 2.45) is 0 Å². The fraction of sp³-hybridized carbons (Fsp3) is 0.667. The Balaban J connectivity index is 2.05. The molecule has 4 heteroatoms. The third kappa shape index (κ3) is 4.33. The van der Waals surface area contributed by atoms with Crippen LogP contribution in [0.1, 0.15) is 6.42 Å². The second-order valence-electron chi connectivity index (χ2n) is 3.05. The molecule has 1 rings (SSSR count). The Kier molecular flexibility index (Phi) is 4.93. The minimum atomic E-state index is 0.0920. The number of amides is 1. The molecule has 1 saturated heterocycles. The monoisotopic (exact) mass is 200 g/mol. The number of rotatable bonds is 5. The number of thioether (sulfide) groups is 1. The Morgan fingerprint density at radius 2 is 2.54 bits per heavy atom. The lowest BCUT2D eigenvalue weighted by Gasteiger charge is -2.10. The van der Waals surface area contributed by atoms with Gasteiger partial charge in [0, 0.05) is 18.3 Å². The van der Waals surface area contributed by atoms with Gasteiger partial charge in [-0.1, -0.05) is 6.08 Å². The van der Waals surface area contributed by atoms with Crippen molar-refractivity contribution in [1.82, 2.24) is 10.6 Å². The highest BCUT2D eigenvalue weighted by Gasteiger charge is 2.16. The summed E-state index contributed by atoms with van der Waals surface area (Å²) in [4.78, 5) is 11.3. The molecule has 1 amide bonds. The smallest absolute Gasteiger partial charge is 0.234 e. The zero-order valence-corrected chi connectivity index (χ0v) is 8.53. The molecular weight excluding hydrogens is 184 g/mol. The highest BCUT2D eigenvalue weighted by atomic mass is 32.2. The van der Waals surface area contributed by atoms with E-state index >= 15 is 0 Å². The molecule has 1 aliphatic heterocycles. The molecule has 1 fully saturated rings. The van der Waals surface area contributed by atoms with Crippen molar-refractivity contribution in [1.29, 1.82) is 0 Å². The van der Waals surface area contributed by atoms with Crippen molar-refractivity contribution in [2.75, 3.05) is 24.6 Å². The Morgan fingerprint density at radius 3 is 3.15 bits per heavy atom. The highest BCUT2D eigenvalue weighted by molar-refractivity contribution is 7.99. The van der Waals surface area contributed by atoms with E-state index in [0.717, 1.165) is 12.2 Å². The molecule has 2 N–H and O–H groups in total. The SMILES string of the molecule is C=CCNCC(=O)NC1CCSC1. The lowest BCUT2D eigenvalue weighted by atomic mass is 10.2. The lowest BCUT2D eigenvalue weighted by Crippen LogP contribution is -2.40. The van der Waals surface area contributed by atoms with Gasteiger partial charge >= 0.3 is 0 Å². The summed E-state index contributed by atoms with van der Waals surface area (Å²) >= 11 is 1.90. The van der Waals surface area contributed by atoms with E-state index in [1.54, 1.807) is 6.08 Å². The summed E-state index contributed by atoms with van der Waals surface area (Å²) in [6, 6.07) is 0.392. The van der Waals surface area contributed by atoms with Crippen LogP contribution in [0.3, 0.4) is 0 Å². The third-order valence-electron chi connectivity index (χ3n) is 1.87. The molecule has 0 radical (unpaired) electrons. The Labute approximate surface area is 83.3 Å². The van der Waals surface area contributed by atoms with E-state index in [9.17, 15) is 4.79 Å². The van der Waals surface area contributed by atoms with Gasteiger partial charge in [-0.15, -0.1) is 6.58 Å². The summed E-state index contributed by atoms with van der Waals surface area (Å²) in [5.74, 6) is 2.33. The van der Waals surface area contributed by atoms with Crippen molar-refractivity contribution in [3.8, 4) is 0 Å². The fourth-order valence-corrected chi connectivity index (χ4v) is 2.37. The van der Waals surface area contributed by atoms with Crippen LogP contribution in [0.15, 0.2) is 12.7 Å². The van der Waals surface area contributed by atoms with Gasteiger partial charge in [-0.3, -0.25) is 4.79 Å². The molecule has 74 valence electrons. The zero-order chi connectivity index (χ0) is 9.52. The van der Waals surface area contributed by atoms with Crippen LogP contribution in [-0.4, -0.2) is 36.5 Å². The van der Waals surface area contributed by atoms with Gasteiger partial charge < -0.3 is 10.6 Å². The van der Waals surface area contributed by atoms with Crippen LogP contribution in [0.2, 0.25) is 0 Å². The maximum absolute atomic E-state index is 11.3. The van der Waals surface area contributed by atoms with E-state index in [0.29, 0.717) is 19.1 Å². The molecular formula is C9H16N2OS. The summed E-state index contributed by atoms with van der Waals surface area (Å²) in [6.07, 6.45) is 2.86. The molecule has 0 spiro atoms. The van der Waals surface area contributed by atoms with E-state index in [2.05, 4.69) is 17.2 Å². The second kappa shape index (κ2) is 6.05. The normalized spacial score (nSPS) is 21.4. The average molecular weight is 200 g/mol. The van der Waals surface area contributed by atoms with Gasteiger partial charge in [0.2, 0.25) is 5.91 Å². The topological polar surface area (TPSA) is 41.1 Å². The first kappa shape index (κ1) is 10.6. The third-order valence-corrected chi connectivity index (χ3v) is 3.03. The molecule has 1 heterocycles. The summed E-state index contributed by atoms with van der Waals surface area (Å²) in [6.45, 7) is 4.65. The van der Waals surface area contributed by atoms with E-state index in [1.807, 2.05) is 11.8 Å². The zero-order valence-electron chi connectivity index (χ0n) is 7.71. The molecule has 3 nitrogen and oxygen atoms in total. The Hall–Kier alpha value is -0.480. The molecule has 0 aliphatic carbocycles. The van der Waals surface area contributed by atoms with Crippen LogP contribution >= 0.6 is 11.8 Å². The predicted molar refractivity (Wildman–Crippen MR) is 56.9 cm³/mol. The molecule has 0 aromatic heterocycles. The van der Waals surface area contributed by atoms with Crippen LogP contribution < -0.4 is 10.6 Å². The molecule has 0 saturated carbocycles. The van der Waals surface area contributed by atoms with Gasteiger partial charge in [-0.25, -0.2) is 0 Å². The summed E-state index contributed by atoms with van der Waals surface area (Å²) in [5, 5.41) is 5.95.